The summed E-state index contributed by atoms with van der Waals surface area (Å²) in [4.78, 5) is 32.3. The Kier molecular flexibility index (Phi) is 5.75. The van der Waals surface area contributed by atoms with Gasteiger partial charge in [0.15, 0.2) is 0 Å². The van der Waals surface area contributed by atoms with Crippen molar-refractivity contribution < 1.29 is 14.7 Å². The number of carboxylic acids is 1. The van der Waals surface area contributed by atoms with Crippen LogP contribution in [0.4, 0.5) is 0 Å². The first-order chi connectivity index (χ1) is 12.1. The Morgan fingerprint density at radius 3 is 2.80 bits per heavy atom. The van der Waals surface area contributed by atoms with Crippen molar-refractivity contribution in [2.75, 3.05) is 6.54 Å². The summed E-state index contributed by atoms with van der Waals surface area (Å²) < 4.78 is 0. The van der Waals surface area contributed by atoms with Gasteiger partial charge in [0, 0.05) is 36.3 Å². The summed E-state index contributed by atoms with van der Waals surface area (Å²) in [5, 5.41) is 15.1. The van der Waals surface area contributed by atoms with Gasteiger partial charge >= 0.3 is 5.97 Å². The van der Waals surface area contributed by atoms with Crippen LogP contribution < -0.4 is 5.32 Å². The van der Waals surface area contributed by atoms with Gasteiger partial charge in [-0.3, -0.25) is 14.6 Å². The third-order valence-electron chi connectivity index (χ3n) is 4.56. The van der Waals surface area contributed by atoms with Crippen molar-refractivity contribution >= 4 is 23.2 Å². The Morgan fingerprint density at radius 2 is 2.08 bits per heavy atom. The number of aromatic nitrogens is 2. The van der Waals surface area contributed by atoms with Gasteiger partial charge in [0.25, 0.3) is 0 Å². The van der Waals surface area contributed by atoms with Crippen LogP contribution in [0.1, 0.15) is 31.4 Å². The number of carbonyl (C=O) groups excluding carboxylic acids is 1. The van der Waals surface area contributed by atoms with E-state index in [9.17, 15) is 14.7 Å². The molecule has 2 N–H and O–H groups in total. The Hall–Kier alpha value is -2.28. The molecule has 1 aliphatic carbocycles. The largest absolute Gasteiger partial charge is 0.481 e. The fraction of sp³-hybridized carbons (Fsp3) is 0.444. The molecule has 3 rings (SSSR count). The van der Waals surface area contributed by atoms with Gasteiger partial charge in [-0.15, -0.1) is 11.3 Å². The van der Waals surface area contributed by atoms with E-state index >= 15 is 0 Å². The van der Waals surface area contributed by atoms with E-state index in [4.69, 9.17) is 0 Å². The van der Waals surface area contributed by atoms with Crippen LogP contribution in [0, 0.1) is 11.8 Å². The number of aliphatic carboxylic acids is 1. The van der Waals surface area contributed by atoms with Gasteiger partial charge in [-0.25, -0.2) is 4.98 Å². The van der Waals surface area contributed by atoms with Gasteiger partial charge in [0.2, 0.25) is 5.91 Å². The number of amides is 1. The number of carboxylic acid groups (broad SMARTS) is 1. The normalized spacial score (nSPS) is 20.2. The highest BCUT2D eigenvalue weighted by molar-refractivity contribution is 7.13. The molecule has 0 aliphatic heterocycles. The Balaban J connectivity index is 1.52. The quantitative estimate of drug-likeness (QED) is 0.827. The molecule has 1 fully saturated rings. The number of pyridine rings is 1. The van der Waals surface area contributed by atoms with Crippen LogP contribution in [0.25, 0.3) is 10.6 Å². The average molecular weight is 359 g/mol. The number of nitrogens with one attached hydrogen (secondary N) is 1. The number of hydrogen-bond donors (Lipinski definition) is 2. The molecule has 1 amide bonds. The molecule has 25 heavy (non-hydrogen) atoms. The third kappa shape index (κ3) is 4.42. The minimum atomic E-state index is -0.861. The fourth-order valence-corrected chi connectivity index (χ4v) is 4.07. The maximum atomic E-state index is 12.3. The number of carbonyl (C=O) groups is 2. The van der Waals surface area contributed by atoms with Crippen LogP contribution in [0.3, 0.4) is 0 Å². The Morgan fingerprint density at radius 1 is 1.28 bits per heavy atom. The highest BCUT2D eigenvalue weighted by Crippen LogP contribution is 2.30. The van der Waals surface area contributed by atoms with Crippen LogP contribution in [-0.2, 0) is 16.0 Å². The molecule has 0 aromatic carbocycles. The second-order valence-electron chi connectivity index (χ2n) is 6.26. The zero-order valence-corrected chi connectivity index (χ0v) is 14.7. The molecule has 0 bridgehead atoms. The number of hydrogen-bond acceptors (Lipinski definition) is 5. The van der Waals surface area contributed by atoms with Crippen molar-refractivity contribution in [3.63, 3.8) is 0 Å². The summed E-state index contributed by atoms with van der Waals surface area (Å²) >= 11 is 1.55. The van der Waals surface area contributed by atoms with Gasteiger partial charge < -0.3 is 10.4 Å². The molecule has 2 aromatic rings. The Bertz CT molecular complexity index is 732. The van der Waals surface area contributed by atoms with E-state index in [-0.39, 0.29) is 5.91 Å². The van der Waals surface area contributed by atoms with E-state index in [1.165, 1.54) is 0 Å². The number of rotatable bonds is 6. The lowest BCUT2D eigenvalue weighted by atomic mass is 9.78. The summed E-state index contributed by atoms with van der Waals surface area (Å²) in [5.41, 5.74) is 1.90. The second-order valence-corrected chi connectivity index (χ2v) is 7.12. The topological polar surface area (TPSA) is 92.2 Å². The van der Waals surface area contributed by atoms with Gasteiger partial charge in [0.05, 0.1) is 17.5 Å². The summed E-state index contributed by atoms with van der Waals surface area (Å²) in [6.45, 7) is 0.470. The van der Waals surface area contributed by atoms with Gasteiger partial charge in [-0.2, -0.15) is 0 Å². The standard InChI is InChI=1S/C18H21N3O3S/c22-16(14-5-1-2-6-15(14)18(23)24)20-9-7-13-11-25-17(21-13)12-4-3-8-19-10-12/h3-4,8,10-11,14-15H,1-2,5-7,9H2,(H,20,22)(H,23,24)/t14-,15+/m0/s1. The minimum Gasteiger partial charge on any atom is -0.481 e. The lowest BCUT2D eigenvalue weighted by molar-refractivity contribution is -0.148. The van der Waals surface area contributed by atoms with Crippen molar-refractivity contribution in [1.29, 1.82) is 0 Å². The molecular formula is C18H21N3O3S. The van der Waals surface area contributed by atoms with Crippen molar-refractivity contribution in [3.05, 3.63) is 35.6 Å². The molecule has 0 saturated heterocycles. The first-order valence-corrected chi connectivity index (χ1v) is 9.38. The van der Waals surface area contributed by atoms with Crippen molar-refractivity contribution in [2.45, 2.75) is 32.1 Å². The summed E-state index contributed by atoms with van der Waals surface area (Å²) in [5.74, 6) is -1.96. The average Bonchev–Trinajstić information content (AvgIpc) is 3.11. The zero-order valence-electron chi connectivity index (χ0n) is 13.9. The highest BCUT2D eigenvalue weighted by Gasteiger charge is 2.35. The number of nitrogens with zero attached hydrogens (tertiary/aromatic N) is 2. The molecule has 2 heterocycles. The van der Waals surface area contributed by atoms with Crippen LogP contribution >= 0.6 is 11.3 Å². The maximum Gasteiger partial charge on any atom is 0.307 e. The van der Waals surface area contributed by atoms with E-state index in [1.54, 1.807) is 23.7 Å². The molecule has 0 unspecified atom stereocenters. The van der Waals surface area contributed by atoms with Crippen LogP contribution in [0.15, 0.2) is 29.9 Å². The zero-order chi connectivity index (χ0) is 17.6. The molecule has 1 saturated carbocycles. The van der Waals surface area contributed by atoms with E-state index in [0.29, 0.717) is 25.8 Å². The molecule has 2 atom stereocenters. The van der Waals surface area contributed by atoms with Gasteiger partial charge in [0.1, 0.15) is 5.01 Å². The Labute approximate surface area is 150 Å². The lowest BCUT2D eigenvalue weighted by Gasteiger charge is -2.27. The van der Waals surface area contributed by atoms with E-state index < -0.39 is 17.8 Å². The summed E-state index contributed by atoms with van der Waals surface area (Å²) in [6.07, 6.45) is 7.19. The molecule has 2 aromatic heterocycles. The molecule has 0 spiro atoms. The molecule has 1 aliphatic rings. The summed E-state index contributed by atoms with van der Waals surface area (Å²) in [7, 11) is 0. The molecule has 7 heteroatoms. The predicted molar refractivity (Wildman–Crippen MR) is 95.1 cm³/mol. The monoisotopic (exact) mass is 359 g/mol. The minimum absolute atomic E-state index is 0.144. The number of thiazole rings is 1. The molecule has 132 valence electrons. The van der Waals surface area contributed by atoms with Gasteiger partial charge in [-0.05, 0) is 25.0 Å². The van der Waals surface area contributed by atoms with Crippen molar-refractivity contribution in [3.8, 4) is 10.6 Å². The van der Waals surface area contributed by atoms with Crippen molar-refractivity contribution in [2.24, 2.45) is 11.8 Å². The molecular weight excluding hydrogens is 338 g/mol. The highest BCUT2D eigenvalue weighted by atomic mass is 32.1. The first kappa shape index (κ1) is 17.5. The first-order valence-electron chi connectivity index (χ1n) is 8.50. The van der Waals surface area contributed by atoms with E-state index in [2.05, 4.69) is 15.3 Å². The van der Waals surface area contributed by atoms with E-state index in [0.717, 1.165) is 29.1 Å². The SMILES string of the molecule is O=C(NCCc1csc(-c2cccnc2)n1)[C@H]1CCCC[C@H]1C(=O)O. The molecule has 6 nitrogen and oxygen atoms in total. The molecule has 0 radical (unpaired) electrons. The van der Waals surface area contributed by atoms with Crippen molar-refractivity contribution in [1.82, 2.24) is 15.3 Å². The lowest BCUT2D eigenvalue weighted by Crippen LogP contribution is -2.40. The summed E-state index contributed by atoms with van der Waals surface area (Å²) in [6, 6.07) is 3.84. The smallest absolute Gasteiger partial charge is 0.307 e. The van der Waals surface area contributed by atoms with E-state index in [1.807, 2.05) is 17.5 Å². The fourth-order valence-electron chi connectivity index (χ4n) is 3.23. The van der Waals surface area contributed by atoms with Crippen LogP contribution in [0.5, 0.6) is 0 Å². The maximum absolute atomic E-state index is 12.3. The van der Waals surface area contributed by atoms with Gasteiger partial charge in [-0.1, -0.05) is 12.8 Å². The van der Waals surface area contributed by atoms with Crippen LogP contribution in [0.2, 0.25) is 0 Å². The van der Waals surface area contributed by atoms with Crippen LogP contribution in [-0.4, -0.2) is 33.5 Å². The second kappa shape index (κ2) is 8.20. The third-order valence-corrected chi connectivity index (χ3v) is 5.50. The predicted octanol–water partition coefficient (Wildman–Crippen LogP) is 2.75.